The molecule has 18 heavy (non-hydrogen) atoms. The number of nitrogens with one attached hydrogen (secondary N) is 2. The van der Waals surface area contributed by atoms with Gasteiger partial charge in [0.15, 0.2) is 0 Å². The lowest BCUT2D eigenvalue weighted by molar-refractivity contribution is -0.118. The van der Waals surface area contributed by atoms with E-state index in [1.54, 1.807) is 7.11 Å². The van der Waals surface area contributed by atoms with Gasteiger partial charge in [0.25, 0.3) is 0 Å². The molecule has 2 unspecified atom stereocenters. The average molecular weight is 248 g/mol. The van der Waals surface area contributed by atoms with Crippen molar-refractivity contribution in [1.82, 2.24) is 5.32 Å². The van der Waals surface area contributed by atoms with E-state index in [4.69, 9.17) is 4.74 Å². The Labute approximate surface area is 108 Å². The number of amides is 1. The highest BCUT2D eigenvalue weighted by Gasteiger charge is 2.29. The van der Waals surface area contributed by atoms with Crippen molar-refractivity contribution in [2.45, 2.75) is 26.3 Å². The Kier molecular flexibility index (Phi) is 3.87. The van der Waals surface area contributed by atoms with Gasteiger partial charge >= 0.3 is 0 Å². The van der Waals surface area contributed by atoms with E-state index in [-0.39, 0.29) is 11.9 Å². The van der Waals surface area contributed by atoms with Crippen molar-refractivity contribution in [1.29, 1.82) is 0 Å². The number of aryl methyl sites for hydroxylation is 1. The first kappa shape index (κ1) is 12.9. The van der Waals surface area contributed by atoms with E-state index in [0.717, 1.165) is 30.0 Å². The zero-order valence-corrected chi connectivity index (χ0v) is 11.1. The van der Waals surface area contributed by atoms with Gasteiger partial charge in [0.05, 0.1) is 13.2 Å². The van der Waals surface area contributed by atoms with E-state index in [1.807, 2.05) is 25.1 Å². The largest absolute Gasteiger partial charge is 0.497 e. The number of benzene rings is 1. The lowest BCUT2D eigenvalue weighted by atomic mass is 10.0. The third kappa shape index (κ3) is 2.64. The normalized spacial score (nSPS) is 22.8. The number of anilines is 1. The van der Waals surface area contributed by atoms with Crippen LogP contribution in [-0.2, 0) is 4.79 Å². The Bertz CT molecular complexity index is 445. The maximum Gasteiger partial charge on any atom is 0.241 e. The summed E-state index contributed by atoms with van der Waals surface area (Å²) in [5.74, 6) is 1.18. The van der Waals surface area contributed by atoms with Gasteiger partial charge in [0, 0.05) is 11.8 Å². The van der Waals surface area contributed by atoms with Crippen molar-refractivity contribution in [2.75, 3.05) is 19.0 Å². The fourth-order valence-electron chi connectivity index (χ4n) is 2.26. The third-order valence-corrected chi connectivity index (χ3v) is 3.52. The van der Waals surface area contributed by atoms with Gasteiger partial charge in [-0.25, -0.2) is 0 Å². The zero-order chi connectivity index (χ0) is 13.1. The van der Waals surface area contributed by atoms with Crippen LogP contribution in [0, 0.1) is 12.8 Å². The minimum Gasteiger partial charge on any atom is -0.497 e. The molecule has 1 heterocycles. The molecule has 0 spiro atoms. The summed E-state index contributed by atoms with van der Waals surface area (Å²) in [4.78, 5) is 12.2. The van der Waals surface area contributed by atoms with Crippen molar-refractivity contribution in [2.24, 2.45) is 5.92 Å². The van der Waals surface area contributed by atoms with E-state index in [0.29, 0.717) is 5.92 Å². The summed E-state index contributed by atoms with van der Waals surface area (Å²) in [6.45, 7) is 4.99. The summed E-state index contributed by atoms with van der Waals surface area (Å²) in [6, 6.07) is 5.60. The van der Waals surface area contributed by atoms with E-state index in [1.165, 1.54) is 0 Å². The lowest BCUT2D eigenvalue weighted by Crippen LogP contribution is -2.39. The molecule has 0 aliphatic carbocycles. The molecule has 1 aliphatic heterocycles. The lowest BCUT2D eigenvalue weighted by Gasteiger charge is -2.17. The first-order valence-corrected chi connectivity index (χ1v) is 6.30. The van der Waals surface area contributed by atoms with Gasteiger partial charge in [-0.05, 0) is 37.4 Å². The van der Waals surface area contributed by atoms with Crippen molar-refractivity contribution < 1.29 is 9.53 Å². The molecule has 2 rings (SSSR count). The second-order valence-electron chi connectivity index (χ2n) is 4.87. The molecule has 4 heteroatoms. The van der Waals surface area contributed by atoms with Gasteiger partial charge in [-0.1, -0.05) is 13.0 Å². The first-order valence-electron chi connectivity index (χ1n) is 6.30. The molecule has 1 saturated heterocycles. The number of hydrogen-bond acceptors (Lipinski definition) is 3. The molecule has 1 aliphatic rings. The second-order valence-corrected chi connectivity index (χ2v) is 4.87. The van der Waals surface area contributed by atoms with E-state index >= 15 is 0 Å². The van der Waals surface area contributed by atoms with Crippen LogP contribution in [0.4, 0.5) is 5.69 Å². The second kappa shape index (κ2) is 5.40. The highest BCUT2D eigenvalue weighted by atomic mass is 16.5. The summed E-state index contributed by atoms with van der Waals surface area (Å²) < 4.78 is 5.17. The highest BCUT2D eigenvalue weighted by Crippen LogP contribution is 2.23. The van der Waals surface area contributed by atoms with Crippen LogP contribution >= 0.6 is 0 Å². The fourth-order valence-corrected chi connectivity index (χ4v) is 2.26. The summed E-state index contributed by atoms with van der Waals surface area (Å²) in [5.41, 5.74) is 1.86. The maximum absolute atomic E-state index is 12.2. The van der Waals surface area contributed by atoms with Crippen LogP contribution in [0.25, 0.3) is 0 Å². The average Bonchev–Trinajstić information content (AvgIpc) is 2.78. The Morgan fingerprint density at radius 3 is 2.89 bits per heavy atom. The highest BCUT2D eigenvalue weighted by molar-refractivity contribution is 5.96. The van der Waals surface area contributed by atoms with Crippen LogP contribution in [0.5, 0.6) is 5.75 Å². The molecule has 0 saturated carbocycles. The van der Waals surface area contributed by atoms with Crippen molar-refractivity contribution in [3.8, 4) is 5.75 Å². The molecule has 98 valence electrons. The summed E-state index contributed by atoms with van der Waals surface area (Å²) >= 11 is 0. The van der Waals surface area contributed by atoms with Crippen molar-refractivity contribution in [3.63, 3.8) is 0 Å². The Morgan fingerprint density at radius 2 is 2.28 bits per heavy atom. The molecule has 1 fully saturated rings. The van der Waals surface area contributed by atoms with E-state index in [2.05, 4.69) is 17.6 Å². The minimum atomic E-state index is -0.0874. The molecule has 1 aromatic carbocycles. The zero-order valence-electron chi connectivity index (χ0n) is 11.1. The van der Waals surface area contributed by atoms with E-state index in [9.17, 15) is 4.79 Å². The smallest absolute Gasteiger partial charge is 0.241 e. The Morgan fingerprint density at radius 1 is 1.50 bits per heavy atom. The molecule has 1 aromatic rings. The predicted molar refractivity (Wildman–Crippen MR) is 71.9 cm³/mol. The molecule has 2 N–H and O–H groups in total. The molecular weight excluding hydrogens is 228 g/mol. The Balaban J connectivity index is 2.11. The molecule has 4 nitrogen and oxygen atoms in total. The van der Waals surface area contributed by atoms with Crippen LogP contribution in [0.1, 0.15) is 18.9 Å². The van der Waals surface area contributed by atoms with Gasteiger partial charge in [0.1, 0.15) is 5.75 Å². The molecule has 0 bridgehead atoms. The van der Waals surface area contributed by atoms with Crippen LogP contribution in [-0.4, -0.2) is 25.6 Å². The van der Waals surface area contributed by atoms with Crippen molar-refractivity contribution >= 4 is 11.6 Å². The first-order chi connectivity index (χ1) is 8.61. The summed E-state index contributed by atoms with van der Waals surface area (Å²) in [7, 11) is 1.62. The number of carbonyl (C=O) groups excluding carboxylic acids is 1. The molecule has 0 radical (unpaired) electrons. The van der Waals surface area contributed by atoms with Crippen LogP contribution in [0.3, 0.4) is 0 Å². The third-order valence-electron chi connectivity index (χ3n) is 3.52. The van der Waals surface area contributed by atoms with Crippen molar-refractivity contribution in [3.05, 3.63) is 23.8 Å². The molecule has 2 atom stereocenters. The number of rotatable bonds is 3. The molecular formula is C14H20N2O2. The predicted octanol–water partition coefficient (Wildman–Crippen LogP) is 1.94. The van der Waals surface area contributed by atoms with Crippen LogP contribution < -0.4 is 15.4 Å². The summed E-state index contributed by atoms with van der Waals surface area (Å²) in [6.07, 6.45) is 1.05. The monoisotopic (exact) mass is 248 g/mol. The molecule has 0 aromatic heterocycles. The number of hydrogen-bond donors (Lipinski definition) is 2. The van der Waals surface area contributed by atoms with E-state index < -0.39 is 0 Å². The fraction of sp³-hybridized carbons (Fsp3) is 0.500. The van der Waals surface area contributed by atoms with Gasteiger partial charge in [-0.3, -0.25) is 4.79 Å². The van der Waals surface area contributed by atoms with Crippen LogP contribution in [0.15, 0.2) is 18.2 Å². The topological polar surface area (TPSA) is 50.4 Å². The minimum absolute atomic E-state index is 0.0383. The summed E-state index contributed by atoms with van der Waals surface area (Å²) in [5, 5.41) is 6.21. The molecule has 1 amide bonds. The number of methoxy groups -OCH3 is 1. The number of ether oxygens (including phenoxy) is 1. The SMILES string of the molecule is COc1ccc(C)c(NC(=O)C2NCCC2C)c1. The van der Waals surface area contributed by atoms with Gasteiger partial charge in [-0.2, -0.15) is 0 Å². The van der Waals surface area contributed by atoms with Gasteiger partial charge in [-0.15, -0.1) is 0 Å². The van der Waals surface area contributed by atoms with Gasteiger partial charge in [0.2, 0.25) is 5.91 Å². The maximum atomic E-state index is 12.2. The van der Waals surface area contributed by atoms with Crippen LogP contribution in [0.2, 0.25) is 0 Å². The number of carbonyl (C=O) groups is 1. The van der Waals surface area contributed by atoms with Gasteiger partial charge < -0.3 is 15.4 Å². The quantitative estimate of drug-likeness (QED) is 0.859. The standard InChI is InChI=1S/C14H20N2O2/c1-9-4-5-11(18-3)8-12(9)16-14(17)13-10(2)6-7-15-13/h4-5,8,10,13,15H,6-7H2,1-3H3,(H,16,17). The Hall–Kier alpha value is -1.55.